The standard InChI is InChI=1S/C18H26N2S/c1-15(2)8-11-21-18-6-4-17(5-7-18)12-16(3)13-20-10-9-19-14-20/h4-7,9-10,14-16H,8,11-13H2,1-3H3. The van der Waals surface area contributed by atoms with E-state index in [2.05, 4.69) is 54.6 Å². The van der Waals surface area contributed by atoms with Crippen LogP contribution in [0.1, 0.15) is 32.8 Å². The quantitative estimate of drug-likeness (QED) is 0.645. The van der Waals surface area contributed by atoms with Gasteiger partial charge < -0.3 is 4.57 Å². The van der Waals surface area contributed by atoms with E-state index < -0.39 is 0 Å². The molecule has 2 aromatic rings. The molecule has 2 rings (SSSR count). The third-order valence-electron chi connectivity index (χ3n) is 3.55. The maximum absolute atomic E-state index is 4.09. The first-order valence-electron chi connectivity index (χ1n) is 7.81. The zero-order valence-corrected chi connectivity index (χ0v) is 14.1. The predicted molar refractivity (Wildman–Crippen MR) is 91.7 cm³/mol. The van der Waals surface area contributed by atoms with Crippen molar-refractivity contribution in [3.63, 3.8) is 0 Å². The average Bonchev–Trinajstić information content (AvgIpc) is 2.93. The van der Waals surface area contributed by atoms with Gasteiger partial charge in [-0.2, -0.15) is 0 Å². The molecule has 0 aliphatic carbocycles. The lowest BCUT2D eigenvalue weighted by atomic mass is 10.0. The highest BCUT2D eigenvalue weighted by Gasteiger charge is 2.05. The number of nitrogens with zero attached hydrogens (tertiary/aromatic N) is 2. The molecule has 0 saturated heterocycles. The van der Waals surface area contributed by atoms with Gasteiger partial charge in [0, 0.05) is 23.8 Å². The first kappa shape index (κ1) is 16.2. The van der Waals surface area contributed by atoms with Gasteiger partial charge in [0.05, 0.1) is 6.33 Å². The lowest BCUT2D eigenvalue weighted by molar-refractivity contribution is 0.479. The molecule has 1 heterocycles. The number of aromatic nitrogens is 2. The van der Waals surface area contributed by atoms with Gasteiger partial charge in [-0.15, -0.1) is 11.8 Å². The fraction of sp³-hybridized carbons (Fsp3) is 0.500. The molecular weight excluding hydrogens is 276 g/mol. The second kappa shape index (κ2) is 8.28. The Hall–Kier alpha value is -1.22. The summed E-state index contributed by atoms with van der Waals surface area (Å²) in [4.78, 5) is 5.49. The molecule has 1 unspecified atom stereocenters. The number of hydrogen-bond acceptors (Lipinski definition) is 2. The molecule has 0 bridgehead atoms. The zero-order valence-electron chi connectivity index (χ0n) is 13.3. The summed E-state index contributed by atoms with van der Waals surface area (Å²) in [5, 5.41) is 0. The second-order valence-electron chi connectivity index (χ2n) is 6.24. The number of hydrogen-bond donors (Lipinski definition) is 0. The van der Waals surface area contributed by atoms with E-state index in [1.807, 2.05) is 30.5 Å². The highest BCUT2D eigenvalue weighted by atomic mass is 32.2. The molecular formula is C18H26N2S. The van der Waals surface area contributed by atoms with Crippen molar-refractivity contribution in [2.75, 3.05) is 5.75 Å². The predicted octanol–water partition coefficient (Wildman–Crippen LogP) is 4.90. The molecule has 0 aliphatic heterocycles. The molecule has 0 amide bonds. The monoisotopic (exact) mass is 302 g/mol. The zero-order chi connectivity index (χ0) is 15.1. The van der Waals surface area contributed by atoms with E-state index in [0.29, 0.717) is 5.92 Å². The molecule has 2 nitrogen and oxygen atoms in total. The minimum atomic E-state index is 0.624. The van der Waals surface area contributed by atoms with Crippen LogP contribution in [-0.2, 0) is 13.0 Å². The molecule has 0 N–H and O–H groups in total. The van der Waals surface area contributed by atoms with Crippen molar-refractivity contribution in [1.29, 1.82) is 0 Å². The van der Waals surface area contributed by atoms with E-state index in [4.69, 9.17) is 0 Å². The molecule has 0 saturated carbocycles. The highest BCUT2D eigenvalue weighted by molar-refractivity contribution is 7.99. The molecule has 1 aromatic carbocycles. The first-order chi connectivity index (χ1) is 10.1. The summed E-state index contributed by atoms with van der Waals surface area (Å²) < 4.78 is 2.15. The SMILES string of the molecule is CC(C)CCSc1ccc(CC(C)Cn2ccnc2)cc1. The van der Waals surface area contributed by atoms with Crippen LogP contribution in [0.25, 0.3) is 0 Å². The Bertz CT molecular complexity index is 503. The summed E-state index contributed by atoms with van der Waals surface area (Å²) in [6.45, 7) is 7.90. The fourth-order valence-electron chi connectivity index (χ4n) is 2.36. The van der Waals surface area contributed by atoms with Gasteiger partial charge in [0.2, 0.25) is 0 Å². The Morgan fingerprint density at radius 3 is 2.52 bits per heavy atom. The van der Waals surface area contributed by atoms with Crippen LogP contribution in [-0.4, -0.2) is 15.3 Å². The largest absolute Gasteiger partial charge is 0.337 e. The van der Waals surface area contributed by atoms with Gasteiger partial charge in [0.1, 0.15) is 0 Å². The van der Waals surface area contributed by atoms with Crippen LogP contribution in [0.5, 0.6) is 0 Å². The molecule has 0 fully saturated rings. The van der Waals surface area contributed by atoms with Gasteiger partial charge in [-0.1, -0.05) is 32.9 Å². The Morgan fingerprint density at radius 1 is 1.14 bits per heavy atom. The molecule has 0 aliphatic rings. The minimum Gasteiger partial charge on any atom is -0.337 e. The van der Waals surface area contributed by atoms with Crippen molar-refractivity contribution in [2.45, 2.75) is 45.1 Å². The fourth-order valence-corrected chi connectivity index (χ4v) is 3.51. The Kier molecular flexibility index (Phi) is 6.37. The van der Waals surface area contributed by atoms with E-state index in [0.717, 1.165) is 18.9 Å². The summed E-state index contributed by atoms with van der Waals surface area (Å²) in [6, 6.07) is 9.10. The number of imidazole rings is 1. The van der Waals surface area contributed by atoms with Crippen LogP contribution in [0.15, 0.2) is 47.9 Å². The third kappa shape index (κ3) is 5.96. The molecule has 3 heteroatoms. The molecule has 0 spiro atoms. The topological polar surface area (TPSA) is 17.8 Å². The normalized spacial score (nSPS) is 12.8. The van der Waals surface area contributed by atoms with E-state index in [9.17, 15) is 0 Å². The Labute approximate surface area is 133 Å². The van der Waals surface area contributed by atoms with E-state index in [1.165, 1.54) is 22.6 Å². The second-order valence-corrected chi connectivity index (χ2v) is 7.41. The van der Waals surface area contributed by atoms with Crippen molar-refractivity contribution in [2.24, 2.45) is 11.8 Å². The Balaban J connectivity index is 1.78. The summed E-state index contributed by atoms with van der Waals surface area (Å²) in [5.74, 6) is 2.63. The molecule has 21 heavy (non-hydrogen) atoms. The van der Waals surface area contributed by atoms with Crippen molar-refractivity contribution < 1.29 is 0 Å². The maximum Gasteiger partial charge on any atom is 0.0945 e. The maximum atomic E-state index is 4.09. The molecule has 1 aromatic heterocycles. The highest BCUT2D eigenvalue weighted by Crippen LogP contribution is 2.22. The van der Waals surface area contributed by atoms with E-state index in [-0.39, 0.29) is 0 Å². The van der Waals surface area contributed by atoms with Crippen LogP contribution >= 0.6 is 11.8 Å². The van der Waals surface area contributed by atoms with Gasteiger partial charge in [-0.3, -0.25) is 0 Å². The summed E-state index contributed by atoms with van der Waals surface area (Å²) in [6.07, 6.45) is 8.18. The molecule has 0 radical (unpaired) electrons. The van der Waals surface area contributed by atoms with Crippen LogP contribution in [0.4, 0.5) is 0 Å². The van der Waals surface area contributed by atoms with E-state index >= 15 is 0 Å². The smallest absolute Gasteiger partial charge is 0.0945 e. The first-order valence-corrected chi connectivity index (χ1v) is 8.79. The third-order valence-corrected chi connectivity index (χ3v) is 4.60. The summed E-state index contributed by atoms with van der Waals surface area (Å²) in [7, 11) is 0. The minimum absolute atomic E-state index is 0.624. The summed E-state index contributed by atoms with van der Waals surface area (Å²) in [5.41, 5.74) is 1.43. The van der Waals surface area contributed by atoms with Gasteiger partial charge in [0.25, 0.3) is 0 Å². The van der Waals surface area contributed by atoms with Crippen molar-refractivity contribution >= 4 is 11.8 Å². The van der Waals surface area contributed by atoms with Crippen LogP contribution in [0, 0.1) is 11.8 Å². The van der Waals surface area contributed by atoms with Crippen LogP contribution in [0.2, 0.25) is 0 Å². The number of thioether (sulfide) groups is 1. The van der Waals surface area contributed by atoms with Gasteiger partial charge >= 0.3 is 0 Å². The van der Waals surface area contributed by atoms with E-state index in [1.54, 1.807) is 0 Å². The molecule has 114 valence electrons. The number of rotatable bonds is 8. The lowest BCUT2D eigenvalue weighted by Gasteiger charge is -2.12. The van der Waals surface area contributed by atoms with Crippen molar-refractivity contribution in [1.82, 2.24) is 9.55 Å². The van der Waals surface area contributed by atoms with Crippen molar-refractivity contribution in [3.05, 3.63) is 48.5 Å². The van der Waals surface area contributed by atoms with Crippen LogP contribution in [0.3, 0.4) is 0 Å². The average molecular weight is 302 g/mol. The van der Waals surface area contributed by atoms with Gasteiger partial charge in [0.15, 0.2) is 0 Å². The van der Waals surface area contributed by atoms with Crippen LogP contribution < -0.4 is 0 Å². The van der Waals surface area contributed by atoms with Crippen molar-refractivity contribution in [3.8, 4) is 0 Å². The molecule has 1 atom stereocenters. The number of benzene rings is 1. The summed E-state index contributed by atoms with van der Waals surface area (Å²) >= 11 is 1.97. The van der Waals surface area contributed by atoms with Gasteiger partial charge in [-0.05, 0) is 48.1 Å². The lowest BCUT2D eigenvalue weighted by Crippen LogP contribution is -2.08. The Morgan fingerprint density at radius 2 is 1.90 bits per heavy atom. The van der Waals surface area contributed by atoms with Gasteiger partial charge in [-0.25, -0.2) is 4.98 Å².